The van der Waals surface area contributed by atoms with Crippen LogP contribution in [0.15, 0.2) is 29.3 Å². The number of carboxylic acids is 1. The zero-order chi connectivity index (χ0) is 45.3. The number of hydrogen-bond donors (Lipinski definition) is 12. The van der Waals surface area contributed by atoms with Gasteiger partial charge >= 0.3 is 5.97 Å². The maximum absolute atomic E-state index is 14.1. The fourth-order valence-corrected chi connectivity index (χ4v) is 6.30. The smallest absolute Gasteiger partial charge is 0.325 e. The van der Waals surface area contributed by atoms with Crippen molar-refractivity contribution in [2.45, 2.75) is 127 Å². The van der Waals surface area contributed by atoms with Crippen LogP contribution in [0.25, 0.3) is 0 Å². The van der Waals surface area contributed by atoms with Crippen LogP contribution < -0.4 is 49.5 Å². The van der Waals surface area contributed by atoms with Crippen LogP contribution in [0.1, 0.15) is 78.2 Å². The summed E-state index contributed by atoms with van der Waals surface area (Å²) in [6.07, 6.45) is -1.18. The van der Waals surface area contributed by atoms with Crippen LogP contribution in [0.3, 0.4) is 0 Å². The van der Waals surface area contributed by atoms with E-state index in [4.69, 9.17) is 22.9 Å². The monoisotopic (exact) mass is 847 g/mol. The van der Waals surface area contributed by atoms with E-state index in [0.717, 1.165) is 4.90 Å². The number of likely N-dealkylation sites (tertiary alicyclic amines) is 1. The predicted octanol–water partition coefficient (Wildman–Crippen LogP) is -3.47. The Bertz CT molecular complexity index is 1700. The zero-order valence-corrected chi connectivity index (χ0v) is 34.4. The summed E-state index contributed by atoms with van der Waals surface area (Å²) in [7, 11) is 0. The van der Waals surface area contributed by atoms with E-state index in [1.54, 1.807) is 13.8 Å². The molecule has 1 heterocycles. The number of aliphatic hydroxyl groups excluding tert-OH is 1. The molecule has 8 atom stereocenters. The highest BCUT2D eigenvalue weighted by Crippen LogP contribution is 2.21. The molecule has 0 spiro atoms. The minimum absolute atomic E-state index is 0.0228. The van der Waals surface area contributed by atoms with E-state index in [0.29, 0.717) is 18.4 Å². The number of carbonyl (C=O) groups excluding carboxylic acids is 7. The summed E-state index contributed by atoms with van der Waals surface area (Å²) < 4.78 is 0. The van der Waals surface area contributed by atoms with Gasteiger partial charge in [-0.05, 0) is 76.0 Å². The van der Waals surface area contributed by atoms with Gasteiger partial charge in [-0.3, -0.25) is 43.3 Å². The minimum Gasteiger partial charge on any atom is -0.508 e. The van der Waals surface area contributed by atoms with Crippen LogP contribution in [0.5, 0.6) is 5.75 Å². The first-order chi connectivity index (χ1) is 28.1. The Hall–Kier alpha value is -6.03. The van der Waals surface area contributed by atoms with Gasteiger partial charge in [-0.1, -0.05) is 26.0 Å². The lowest BCUT2D eigenvalue weighted by atomic mass is 10.0. The minimum atomic E-state index is -1.61. The van der Waals surface area contributed by atoms with Gasteiger partial charge in [0.2, 0.25) is 41.4 Å². The summed E-state index contributed by atoms with van der Waals surface area (Å²) in [4.78, 5) is 109. The third-order valence-corrected chi connectivity index (χ3v) is 9.58. The Kier molecular flexibility index (Phi) is 20.2. The van der Waals surface area contributed by atoms with Crippen LogP contribution in [0.2, 0.25) is 0 Å². The number of nitrogens with zero attached hydrogens (tertiary/aromatic N) is 2. The molecule has 0 aliphatic carbocycles. The number of nitrogens with one attached hydrogen (secondary N) is 5. The van der Waals surface area contributed by atoms with Gasteiger partial charge < -0.3 is 69.7 Å². The van der Waals surface area contributed by atoms with Gasteiger partial charge in [-0.2, -0.15) is 0 Å². The first-order valence-corrected chi connectivity index (χ1v) is 19.7. The molecule has 1 saturated heterocycles. The second-order valence-electron chi connectivity index (χ2n) is 15.2. The number of aliphatic hydroxyl groups is 1. The molecule has 60 heavy (non-hydrogen) atoms. The molecule has 2 rings (SSSR count). The summed E-state index contributed by atoms with van der Waals surface area (Å²) >= 11 is 0. The number of aliphatic carboxylic acids is 1. The van der Waals surface area contributed by atoms with Crippen LogP contribution in [-0.2, 0) is 44.8 Å². The summed E-state index contributed by atoms with van der Waals surface area (Å²) in [5.74, 6) is -7.26. The van der Waals surface area contributed by atoms with Crippen LogP contribution in [0, 0.1) is 5.92 Å². The van der Waals surface area contributed by atoms with Gasteiger partial charge in [0, 0.05) is 25.9 Å². The number of carbonyl (C=O) groups is 8. The highest BCUT2D eigenvalue weighted by atomic mass is 16.4. The first-order valence-electron chi connectivity index (χ1n) is 19.7. The van der Waals surface area contributed by atoms with Crippen molar-refractivity contribution in [3.05, 3.63) is 29.8 Å². The number of amides is 7. The van der Waals surface area contributed by atoms with Crippen molar-refractivity contribution in [3.63, 3.8) is 0 Å². The lowest BCUT2D eigenvalue weighted by Crippen LogP contribution is -2.61. The molecule has 22 heteroatoms. The molecule has 1 aliphatic rings. The van der Waals surface area contributed by atoms with E-state index in [2.05, 4.69) is 31.6 Å². The quantitative estimate of drug-likeness (QED) is 0.0273. The second kappa shape index (κ2) is 24.1. The molecule has 1 aromatic carbocycles. The number of carboxylic acid groups (broad SMARTS) is 1. The number of primary amides is 1. The van der Waals surface area contributed by atoms with Crippen LogP contribution >= 0.6 is 0 Å². The Morgan fingerprint density at radius 3 is 1.98 bits per heavy atom. The normalized spacial score (nSPS) is 17.1. The molecule has 16 N–H and O–H groups in total. The number of phenolic OH excluding ortho intramolecular Hbond substituents is 1. The highest BCUT2D eigenvalue weighted by molar-refractivity contribution is 5.97. The maximum Gasteiger partial charge on any atom is 0.325 e. The molecular weight excluding hydrogens is 786 g/mol. The van der Waals surface area contributed by atoms with Crippen molar-refractivity contribution in [2.75, 3.05) is 13.1 Å². The number of aliphatic imine (C=N–C) groups is 1. The summed E-state index contributed by atoms with van der Waals surface area (Å²) in [6.45, 7) is 6.28. The predicted molar refractivity (Wildman–Crippen MR) is 217 cm³/mol. The van der Waals surface area contributed by atoms with E-state index in [1.165, 1.54) is 38.1 Å². The Morgan fingerprint density at radius 1 is 0.817 bits per heavy atom. The number of benzene rings is 1. The molecule has 0 aromatic heterocycles. The average molecular weight is 848 g/mol. The van der Waals surface area contributed by atoms with E-state index in [9.17, 15) is 53.7 Å². The van der Waals surface area contributed by atoms with Crippen molar-refractivity contribution in [1.82, 2.24) is 31.5 Å². The maximum atomic E-state index is 14.1. The standard InChI is InChI=1S/C38H61N11O11/c1-19(2)17-26(33(55)44-20(3)37(59)60)47-32(54)25(13-14-29(40)52)45-35(57)28-8-6-16-49(28)36(58)30(21(4)50)48-34(56)27(18-22-9-11-23(51)12-10-22)46-31(53)24(39)7-5-15-43-38(41)42/h9-12,19-21,24-28,30,50-51H,5-8,13-18,39H2,1-4H3,(H2,40,52)(H,44,55)(H,45,57)(H,46,53)(H,47,54)(H,48,56)(H,59,60)(H4,41,42,43)/t20-,21+,24-,25-,26-,27-,28-,30-/m0/s1. The third-order valence-electron chi connectivity index (χ3n) is 9.58. The van der Waals surface area contributed by atoms with Crippen molar-refractivity contribution in [2.24, 2.45) is 33.8 Å². The largest absolute Gasteiger partial charge is 0.508 e. The fourth-order valence-electron chi connectivity index (χ4n) is 6.30. The summed E-state index contributed by atoms with van der Waals surface area (Å²) in [6, 6.07) is -3.28. The van der Waals surface area contributed by atoms with Crippen molar-refractivity contribution in [1.29, 1.82) is 0 Å². The molecule has 22 nitrogen and oxygen atoms in total. The van der Waals surface area contributed by atoms with Crippen molar-refractivity contribution in [3.8, 4) is 5.75 Å². The number of phenols is 1. The Balaban J connectivity index is 2.30. The SMILES string of the molecule is CC(C)C[C@H](NC(=O)[C@H](CCC(N)=O)NC(=O)[C@@H]1CCCN1C(=O)[C@@H](NC(=O)[C@H](Cc1ccc(O)cc1)NC(=O)[C@@H](N)CCCN=C(N)N)[C@@H](C)O)C(=O)N[C@@H](C)C(=O)O. The number of hydrogen-bond acceptors (Lipinski definition) is 12. The molecule has 0 bridgehead atoms. The topological polar surface area (TPSA) is 377 Å². The molecule has 0 saturated carbocycles. The first kappa shape index (κ1) is 50.1. The zero-order valence-electron chi connectivity index (χ0n) is 34.4. The molecule has 7 amide bonds. The van der Waals surface area contributed by atoms with Gasteiger partial charge in [0.15, 0.2) is 5.96 Å². The van der Waals surface area contributed by atoms with E-state index >= 15 is 0 Å². The Labute approximate surface area is 348 Å². The lowest BCUT2D eigenvalue weighted by Gasteiger charge is -2.32. The molecule has 0 radical (unpaired) electrons. The average Bonchev–Trinajstić information content (AvgIpc) is 3.66. The number of guanidine groups is 1. The van der Waals surface area contributed by atoms with Crippen molar-refractivity contribution >= 4 is 53.3 Å². The lowest BCUT2D eigenvalue weighted by molar-refractivity contribution is -0.144. The van der Waals surface area contributed by atoms with E-state index in [1.807, 2.05) is 0 Å². The molecule has 334 valence electrons. The number of nitrogens with two attached hydrogens (primary N) is 4. The van der Waals surface area contributed by atoms with Gasteiger partial charge in [-0.25, -0.2) is 0 Å². The van der Waals surface area contributed by atoms with E-state index in [-0.39, 0.29) is 69.2 Å². The molecule has 1 fully saturated rings. The summed E-state index contributed by atoms with van der Waals surface area (Å²) in [5, 5.41) is 42.2. The van der Waals surface area contributed by atoms with Gasteiger partial charge in [0.25, 0.3) is 0 Å². The molecule has 0 unspecified atom stereocenters. The molecule has 1 aliphatic heterocycles. The third kappa shape index (κ3) is 16.7. The fraction of sp³-hybridized carbons (Fsp3) is 0.605. The van der Waals surface area contributed by atoms with Gasteiger partial charge in [-0.15, -0.1) is 0 Å². The summed E-state index contributed by atoms with van der Waals surface area (Å²) in [5.41, 5.74) is 22.6. The van der Waals surface area contributed by atoms with Gasteiger partial charge in [0.05, 0.1) is 12.1 Å². The molecule has 1 aromatic rings. The van der Waals surface area contributed by atoms with Gasteiger partial charge in [0.1, 0.15) is 42.0 Å². The Morgan fingerprint density at radius 2 is 1.42 bits per heavy atom. The van der Waals surface area contributed by atoms with E-state index < -0.39 is 95.7 Å². The number of rotatable bonds is 24. The highest BCUT2D eigenvalue weighted by Gasteiger charge is 2.41. The van der Waals surface area contributed by atoms with Crippen LogP contribution in [-0.4, -0.2) is 135 Å². The second-order valence-corrected chi connectivity index (χ2v) is 15.2. The number of aromatic hydroxyl groups is 1. The van der Waals surface area contributed by atoms with Crippen LogP contribution in [0.4, 0.5) is 0 Å². The molecular formula is C38H61N11O11. The van der Waals surface area contributed by atoms with Crippen molar-refractivity contribution < 1.29 is 53.7 Å².